The Hall–Kier alpha value is -1.04. The molecule has 72 valence electrons. The third kappa shape index (κ3) is 1.00. The van der Waals surface area contributed by atoms with E-state index in [1.165, 1.54) is 37.7 Å². The minimum atomic E-state index is 0.494. The van der Waals surface area contributed by atoms with Crippen LogP contribution in [0.25, 0.3) is 0 Å². The summed E-state index contributed by atoms with van der Waals surface area (Å²) in [6.07, 6.45) is 6.45. The summed E-state index contributed by atoms with van der Waals surface area (Å²) >= 11 is 0. The Morgan fingerprint density at radius 2 is 1.86 bits per heavy atom. The Bertz CT molecular complexity index is 389. The summed E-state index contributed by atoms with van der Waals surface area (Å²) in [6.45, 7) is 4.15. The van der Waals surface area contributed by atoms with Gasteiger partial charge in [-0.05, 0) is 48.6 Å². The van der Waals surface area contributed by atoms with E-state index in [4.69, 9.17) is 0 Å². The van der Waals surface area contributed by atoms with Crippen molar-refractivity contribution in [2.24, 2.45) is 0 Å². The summed E-state index contributed by atoms with van der Waals surface area (Å²) in [6, 6.07) is 8.99. The van der Waals surface area contributed by atoms with Crippen LogP contribution >= 0.6 is 0 Å². The lowest BCUT2D eigenvalue weighted by Gasteiger charge is -2.23. The molecule has 3 rings (SSSR count). The number of aryl methyl sites for hydroxylation is 1. The van der Waals surface area contributed by atoms with Crippen LogP contribution in [0.5, 0.6) is 0 Å². The number of hydrogen-bond donors (Lipinski definition) is 0. The van der Waals surface area contributed by atoms with Crippen molar-refractivity contribution in [1.29, 1.82) is 0 Å². The third-order valence-corrected chi connectivity index (χ3v) is 4.01. The van der Waals surface area contributed by atoms with E-state index in [9.17, 15) is 0 Å². The van der Waals surface area contributed by atoms with Gasteiger partial charge in [0, 0.05) is 0 Å². The van der Waals surface area contributed by atoms with Gasteiger partial charge in [-0.15, -0.1) is 0 Å². The molecule has 1 aromatic rings. The number of allylic oxidation sites excluding steroid dienone is 1. The van der Waals surface area contributed by atoms with Gasteiger partial charge in [0.25, 0.3) is 0 Å². The molecule has 1 atom stereocenters. The lowest BCUT2D eigenvalue weighted by Crippen LogP contribution is -2.17. The van der Waals surface area contributed by atoms with Crippen LogP contribution in [0.1, 0.15) is 36.8 Å². The van der Waals surface area contributed by atoms with E-state index < -0.39 is 0 Å². The van der Waals surface area contributed by atoms with Gasteiger partial charge < -0.3 is 0 Å². The van der Waals surface area contributed by atoms with Crippen LogP contribution in [-0.4, -0.2) is 0 Å². The van der Waals surface area contributed by atoms with Crippen LogP contribution in [0.2, 0.25) is 0 Å². The van der Waals surface area contributed by atoms with E-state index in [1.54, 1.807) is 11.1 Å². The van der Waals surface area contributed by atoms with Gasteiger partial charge in [0.05, 0.1) is 0 Å². The van der Waals surface area contributed by atoms with E-state index in [1.807, 2.05) is 0 Å². The van der Waals surface area contributed by atoms with Crippen LogP contribution in [0.4, 0.5) is 0 Å². The van der Waals surface area contributed by atoms with Crippen molar-refractivity contribution in [2.75, 3.05) is 0 Å². The van der Waals surface area contributed by atoms with Crippen molar-refractivity contribution in [2.45, 2.75) is 37.5 Å². The highest BCUT2D eigenvalue weighted by Gasteiger charge is 2.41. The first-order valence-corrected chi connectivity index (χ1v) is 5.55. The van der Waals surface area contributed by atoms with Crippen molar-refractivity contribution >= 4 is 0 Å². The highest BCUT2D eigenvalue weighted by Crippen LogP contribution is 2.51. The average molecular weight is 184 g/mol. The molecular formula is C14H16. The molecule has 2 aliphatic carbocycles. The zero-order valence-corrected chi connectivity index (χ0v) is 8.55. The standard InChI is InChI=1S/C14H16/c1-11-6-8-14(10-11)9-7-12-4-2-3-5-13(12)14/h2-5H,1,6-10H2. The SMILES string of the molecule is C=C1CCC2(CCc3ccccc32)C1. The second-order valence-corrected chi connectivity index (χ2v) is 4.86. The lowest BCUT2D eigenvalue weighted by molar-refractivity contribution is 0.445. The molecule has 1 spiro atoms. The molecule has 0 aromatic heterocycles. The van der Waals surface area contributed by atoms with E-state index >= 15 is 0 Å². The van der Waals surface area contributed by atoms with Crippen LogP contribution in [-0.2, 0) is 11.8 Å². The van der Waals surface area contributed by atoms with Gasteiger partial charge in [-0.3, -0.25) is 0 Å². The summed E-state index contributed by atoms with van der Waals surface area (Å²) in [5.74, 6) is 0. The van der Waals surface area contributed by atoms with Crippen LogP contribution in [0, 0.1) is 0 Å². The topological polar surface area (TPSA) is 0 Å². The fourth-order valence-corrected chi connectivity index (χ4v) is 3.28. The molecule has 0 amide bonds. The minimum absolute atomic E-state index is 0.494. The zero-order valence-electron chi connectivity index (χ0n) is 8.55. The molecule has 0 radical (unpaired) electrons. The van der Waals surface area contributed by atoms with Gasteiger partial charge in [-0.25, -0.2) is 0 Å². The maximum Gasteiger partial charge on any atom is -0.000107 e. The predicted molar refractivity (Wildman–Crippen MR) is 59.4 cm³/mol. The van der Waals surface area contributed by atoms with Gasteiger partial charge in [0.2, 0.25) is 0 Å². The Balaban J connectivity index is 2.09. The van der Waals surface area contributed by atoms with Crippen molar-refractivity contribution in [1.82, 2.24) is 0 Å². The van der Waals surface area contributed by atoms with Crippen LogP contribution in [0.3, 0.4) is 0 Å². The number of benzene rings is 1. The largest absolute Gasteiger partial charge is 0.0998 e. The molecule has 14 heavy (non-hydrogen) atoms. The second-order valence-electron chi connectivity index (χ2n) is 4.86. The van der Waals surface area contributed by atoms with Gasteiger partial charge in [0.15, 0.2) is 0 Å². The maximum atomic E-state index is 4.15. The van der Waals surface area contributed by atoms with Crippen molar-refractivity contribution in [3.63, 3.8) is 0 Å². The quantitative estimate of drug-likeness (QED) is 0.540. The third-order valence-electron chi connectivity index (χ3n) is 4.01. The zero-order chi connectivity index (χ0) is 9.60. The van der Waals surface area contributed by atoms with Crippen LogP contribution in [0.15, 0.2) is 36.4 Å². The Labute approximate surface area is 85.6 Å². The molecule has 1 unspecified atom stereocenters. The van der Waals surface area contributed by atoms with Gasteiger partial charge >= 0.3 is 0 Å². The molecule has 0 saturated heterocycles. The van der Waals surface area contributed by atoms with E-state index in [-0.39, 0.29) is 0 Å². The summed E-state index contributed by atoms with van der Waals surface area (Å²) < 4.78 is 0. The fraction of sp³-hybridized carbons (Fsp3) is 0.429. The van der Waals surface area contributed by atoms with E-state index in [2.05, 4.69) is 30.8 Å². The first-order chi connectivity index (χ1) is 6.80. The van der Waals surface area contributed by atoms with Crippen molar-refractivity contribution in [3.05, 3.63) is 47.5 Å². The Morgan fingerprint density at radius 1 is 1.07 bits per heavy atom. The first-order valence-electron chi connectivity index (χ1n) is 5.55. The summed E-state index contributed by atoms with van der Waals surface area (Å²) in [7, 11) is 0. The van der Waals surface area contributed by atoms with E-state index in [0.29, 0.717) is 5.41 Å². The summed E-state index contributed by atoms with van der Waals surface area (Å²) in [5, 5.41) is 0. The monoisotopic (exact) mass is 184 g/mol. The number of rotatable bonds is 0. The Morgan fingerprint density at radius 3 is 2.64 bits per heavy atom. The molecule has 1 aromatic carbocycles. The molecule has 2 aliphatic rings. The number of hydrogen-bond acceptors (Lipinski definition) is 0. The summed E-state index contributed by atoms with van der Waals surface area (Å²) in [4.78, 5) is 0. The Kier molecular flexibility index (Phi) is 1.61. The molecule has 0 nitrogen and oxygen atoms in total. The molecule has 0 heterocycles. The highest BCUT2D eigenvalue weighted by molar-refractivity contribution is 5.42. The van der Waals surface area contributed by atoms with Crippen molar-refractivity contribution in [3.8, 4) is 0 Å². The van der Waals surface area contributed by atoms with Gasteiger partial charge in [-0.1, -0.05) is 36.4 Å². The lowest BCUT2D eigenvalue weighted by atomic mass is 9.80. The predicted octanol–water partition coefficient (Wildman–Crippen LogP) is 3.61. The molecule has 1 saturated carbocycles. The molecule has 0 N–H and O–H groups in total. The molecule has 0 bridgehead atoms. The molecule has 0 heteroatoms. The average Bonchev–Trinajstić information content (AvgIpc) is 2.75. The summed E-state index contributed by atoms with van der Waals surface area (Å²) in [5.41, 5.74) is 5.16. The van der Waals surface area contributed by atoms with Gasteiger partial charge in [0.1, 0.15) is 0 Å². The van der Waals surface area contributed by atoms with E-state index in [0.717, 1.165) is 0 Å². The molecular weight excluding hydrogens is 168 g/mol. The molecule has 0 aliphatic heterocycles. The molecule has 1 fully saturated rings. The van der Waals surface area contributed by atoms with Crippen LogP contribution < -0.4 is 0 Å². The second kappa shape index (κ2) is 2.73. The van der Waals surface area contributed by atoms with Crippen molar-refractivity contribution < 1.29 is 0 Å². The van der Waals surface area contributed by atoms with Gasteiger partial charge in [-0.2, -0.15) is 0 Å². The smallest absolute Gasteiger partial charge is 0.000107 e. The minimum Gasteiger partial charge on any atom is -0.0998 e. The maximum absolute atomic E-state index is 4.15. The first kappa shape index (κ1) is 8.28. The fourth-order valence-electron chi connectivity index (χ4n) is 3.28. The normalized spacial score (nSPS) is 29.9. The number of fused-ring (bicyclic) bond motifs is 2. The highest BCUT2D eigenvalue weighted by atomic mass is 14.5.